The summed E-state index contributed by atoms with van der Waals surface area (Å²) in [7, 11) is 0. The van der Waals surface area contributed by atoms with Gasteiger partial charge in [0.2, 0.25) is 11.8 Å². The van der Waals surface area contributed by atoms with Crippen LogP contribution in [0.1, 0.15) is 65.4 Å². The van der Waals surface area contributed by atoms with Crippen LogP contribution in [-0.2, 0) is 21.5 Å². The monoisotopic (exact) mass is 489 g/mol. The van der Waals surface area contributed by atoms with Crippen LogP contribution < -0.4 is 16.0 Å². The highest BCUT2D eigenvalue weighted by Crippen LogP contribution is 2.39. The Hall–Kier alpha value is -2.81. The first-order valence-electron chi connectivity index (χ1n) is 12.3. The average molecular weight is 490 g/mol. The summed E-state index contributed by atoms with van der Waals surface area (Å²) in [6.07, 6.45) is 7.64. The zero-order valence-electron chi connectivity index (χ0n) is 21.1. The van der Waals surface area contributed by atoms with E-state index in [2.05, 4.69) is 46.3 Å². The number of nitrogens with zero attached hydrogens (tertiary/aromatic N) is 2. The predicted molar refractivity (Wildman–Crippen MR) is 132 cm³/mol. The lowest BCUT2D eigenvalue weighted by molar-refractivity contribution is -0.126. The molecule has 0 unspecified atom stereocenters. The van der Waals surface area contributed by atoms with Gasteiger partial charge < -0.3 is 20.5 Å². The molecule has 7 nitrogen and oxygen atoms in total. The Balaban J connectivity index is 1.60. The number of hydrogen-bond acceptors (Lipinski definition) is 4. The normalized spacial score (nSPS) is 15.8. The minimum absolute atomic E-state index is 0.0442. The highest BCUT2D eigenvalue weighted by atomic mass is 19.1. The third-order valence-corrected chi connectivity index (χ3v) is 6.37. The summed E-state index contributed by atoms with van der Waals surface area (Å²) in [4.78, 5) is 29.8. The fourth-order valence-electron chi connectivity index (χ4n) is 4.28. The maximum Gasteiger partial charge on any atom is 0.248 e. The summed E-state index contributed by atoms with van der Waals surface area (Å²) < 4.78 is 29.1. The number of imidazole rings is 1. The van der Waals surface area contributed by atoms with Crippen LogP contribution in [0.25, 0.3) is 0 Å². The maximum absolute atomic E-state index is 13.9. The van der Waals surface area contributed by atoms with Crippen LogP contribution >= 0.6 is 0 Å². The first-order valence-corrected chi connectivity index (χ1v) is 12.3. The number of anilines is 1. The van der Waals surface area contributed by atoms with Crippen LogP contribution in [0, 0.1) is 17.0 Å². The van der Waals surface area contributed by atoms with Crippen molar-refractivity contribution in [3.63, 3.8) is 0 Å². The molecule has 35 heavy (non-hydrogen) atoms. The second-order valence-electron chi connectivity index (χ2n) is 10.7. The average Bonchev–Trinajstić information content (AvgIpc) is 3.19. The lowest BCUT2D eigenvalue weighted by Crippen LogP contribution is -2.49. The fourth-order valence-corrected chi connectivity index (χ4v) is 4.28. The molecule has 1 heterocycles. The van der Waals surface area contributed by atoms with Crippen LogP contribution in [-0.4, -0.2) is 40.5 Å². The molecule has 1 fully saturated rings. The molecule has 9 heteroatoms. The van der Waals surface area contributed by atoms with Gasteiger partial charge in [-0.2, -0.15) is 0 Å². The van der Waals surface area contributed by atoms with Gasteiger partial charge >= 0.3 is 0 Å². The molecule has 1 aromatic heterocycles. The summed E-state index contributed by atoms with van der Waals surface area (Å²) in [6.45, 7) is 10.2. The first-order chi connectivity index (χ1) is 16.5. The molecule has 3 N–H and O–H groups in total. The Morgan fingerprint density at radius 2 is 1.97 bits per heavy atom. The standard InChI is InChI=1S/C26H37F2N5O2/c1-5-7-21(31-23(34)12-18-8-9-19(27)13-20(18)28)24(35)32-22-14-33(17-30-22)26(10-6-11-26)16-29-15-25(2,3)4/h8-9,13-14,17,21,29H,5-7,10-12,15-16H2,1-4H3,(H,31,34)(H,32,35)/t21-/m0/s1. The highest BCUT2D eigenvalue weighted by Gasteiger charge is 2.38. The van der Waals surface area contributed by atoms with Gasteiger partial charge in [-0.25, -0.2) is 13.8 Å². The number of carbonyl (C=O) groups is 2. The van der Waals surface area contributed by atoms with Gasteiger partial charge in [-0.15, -0.1) is 0 Å². The molecule has 1 aliphatic carbocycles. The van der Waals surface area contributed by atoms with Crippen molar-refractivity contribution in [2.75, 3.05) is 18.4 Å². The molecule has 1 saturated carbocycles. The van der Waals surface area contributed by atoms with Gasteiger partial charge in [0.1, 0.15) is 17.7 Å². The van der Waals surface area contributed by atoms with E-state index in [0.717, 1.165) is 44.5 Å². The van der Waals surface area contributed by atoms with Crippen molar-refractivity contribution in [3.05, 3.63) is 47.9 Å². The Kier molecular flexibility index (Phi) is 8.64. The van der Waals surface area contributed by atoms with E-state index in [1.54, 1.807) is 6.33 Å². The summed E-state index contributed by atoms with van der Waals surface area (Å²) in [5, 5.41) is 9.05. The smallest absolute Gasteiger partial charge is 0.248 e. The molecule has 1 aliphatic rings. The molecule has 0 radical (unpaired) electrons. The molecule has 0 spiro atoms. The van der Waals surface area contributed by atoms with E-state index in [1.807, 2.05) is 13.1 Å². The van der Waals surface area contributed by atoms with E-state index in [4.69, 9.17) is 0 Å². The molecule has 1 atom stereocenters. The van der Waals surface area contributed by atoms with Gasteiger partial charge in [0.15, 0.2) is 5.82 Å². The van der Waals surface area contributed by atoms with Crippen LogP contribution in [0.15, 0.2) is 30.7 Å². The Labute approximate surface area is 206 Å². The fraction of sp³-hybridized carbons (Fsp3) is 0.577. The second kappa shape index (κ2) is 11.3. The number of hydrogen-bond donors (Lipinski definition) is 3. The summed E-state index contributed by atoms with van der Waals surface area (Å²) in [5.41, 5.74) is 0.224. The molecule has 192 valence electrons. The second-order valence-corrected chi connectivity index (χ2v) is 10.7. The van der Waals surface area contributed by atoms with Crippen LogP contribution in [0.3, 0.4) is 0 Å². The van der Waals surface area contributed by atoms with Crippen molar-refractivity contribution in [2.45, 2.75) is 77.8 Å². The Morgan fingerprint density at radius 3 is 2.57 bits per heavy atom. The number of benzene rings is 1. The summed E-state index contributed by atoms with van der Waals surface area (Å²) in [5.74, 6) is -1.95. The topological polar surface area (TPSA) is 88.0 Å². The first kappa shape index (κ1) is 26.8. The molecule has 2 amide bonds. The number of halogens is 2. The molecule has 1 aromatic carbocycles. The predicted octanol–water partition coefficient (Wildman–Crippen LogP) is 4.14. The van der Waals surface area contributed by atoms with Gasteiger partial charge in [0.25, 0.3) is 0 Å². The molecule has 3 rings (SSSR count). The van der Waals surface area contributed by atoms with E-state index in [-0.39, 0.29) is 28.8 Å². The lowest BCUT2D eigenvalue weighted by Gasteiger charge is -2.43. The van der Waals surface area contributed by atoms with Gasteiger partial charge in [0.05, 0.1) is 18.3 Å². The molecular formula is C26H37F2N5O2. The highest BCUT2D eigenvalue weighted by molar-refractivity contribution is 5.96. The van der Waals surface area contributed by atoms with Crippen molar-refractivity contribution in [3.8, 4) is 0 Å². The number of amides is 2. The van der Waals surface area contributed by atoms with Crippen LogP contribution in [0.2, 0.25) is 0 Å². The quantitative estimate of drug-likeness (QED) is 0.443. The largest absolute Gasteiger partial charge is 0.344 e. The van der Waals surface area contributed by atoms with Gasteiger partial charge in [-0.1, -0.05) is 40.2 Å². The van der Waals surface area contributed by atoms with Crippen LogP contribution in [0.5, 0.6) is 0 Å². The molecule has 2 aromatic rings. The van der Waals surface area contributed by atoms with E-state index in [0.29, 0.717) is 18.7 Å². The third-order valence-electron chi connectivity index (χ3n) is 6.37. The van der Waals surface area contributed by atoms with E-state index in [9.17, 15) is 18.4 Å². The number of nitrogens with one attached hydrogen (secondary N) is 3. The number of aromatic nitrogens is 2. The zero-order valence-corrected chi connectivity index (χ0v) is 21.1. The molecule has 0 aliphatic heterocycles. The van der Waals surface area contributed by atoms with Gasteiger partial charge in [-0.05, 0) is 42.7 Å². The zero-order chi connectivity index (χ0) is 25.6. The van der Waals surface area contributed by atoms with Crippen LogP contribution in [0.4, 0.5) is 14.6 Å². The number of rotatable bonds is 11. The number of carbonyl (C=O) groups excluding carboxylic acids is 2. The van der Waals surface area contributed by atoms with Crippen molar-refractivity contribution in [2.24, 2.45) is 5.41 Å². The van der Waals surface area contributed by atoms with Gasteiger partial charge in [-0.3, -0.25) is 9.59 Å². The van der Waals surface area contributed by atoms with E-state index in [1.165, 1.54) is 6.07 Å². The Bertz CT molecular complexity index is 1030. The van der Waals surface area contributed by atoms with Crippen molar-refractivity contribution in [1.82, 2.24) is 20.2 Å². The molecule has 0 saturated heterocycles. The third kappa shape index (κ3) is 7.34. The lowest BCUT2D eigenvalue weighted by atomic mass is 9.76. The van der Waals surface area contributed by atoms with Crippen molar-refractivity contribution in [1.29, 1.82) is 0 Å². The van der Waals surface area contributed by atoms with Gasteiger partial charge in [0, 0.05) is 25.4 Å². The maximum atomic E-state index is 13.9. The Morgan fingerprint density at radius 1 is 1.23 bits per heavy atom. The molecule has 0 bridgehead atoms. The van der Waals surface area contributed by atoms with Crippen molar-refractivity contribution < 1.29 is 18.4 Å². The van der Waals surface area contributed by atoms with E-state index >= 15 is 0 Å². The molecular weight excluding hydrogens is 452 g/mol. The SMILES string of the molecule is CCC[C@H](NC(=O)Cc1ccc(F)cc1F)C(=O)Nc1cn(C2(CNCC(C)(C)C)CCC2)cn1. The summed E-state index contributed by atoms with van der Waals surface area (Å²) in [6, 6.07) is 2.29. The van der Waals surface area contributed by atoms with Crippen molar-refractivity contribution >= 4 is 17.6 Å². The van der Waals surface area contributed by atoms with E-state index < -0.39 is 23.6 Å². The minimum Gasteiger partial charge on any atom is -0.344 e. The summed E-state index contributed by atoms with van der Waals surface area (Å²) >= 11 is 0. The minimum atomic E-state index is -0.788.